The minimum atomic E-state index is -1.33. The maximum Gasteiger partial charge on any atom is 0.333 e. The molecule has 0 spiro atoms. The fourth-order valence-electron chi connectivity index (χ4n) is 9.75. The predicted octanol–water partition coefficient (Wildman–Crippen LogP) is 18.2. The van der Waals surface area contributed by atoms with Crippen molar-refractivity contribution < 1.29 is 39.6 Å². The molecule has 7 rings (SSSR count). The Labute approximate surface area is 507 Å². The summed E-state index contributed by atoms with van der Waals surface area (Å²) in [5.41, 5.74) is 10.8. The number of nitrogens with zero attached hydrogens (tertiary/aromatic N) is 5. The van der Waals surface area contributed by atoms with E-state index in [-0.39, 0.29) is 0 Å². The van der Waals surface area contributed by atoms with Gasteiger partial charge in [0, 0.05) is 17.1 Å². The number of aryl methyl sites for hydroxylation is 1. The average molecular weight is 1150 g/mol. The van der Waals surface area contributed by atoms with E-state index in [9.17, 15) is 39.6 Å². The smallest absolute Gasteiger partial charge is 0.333 e. The highest BCUT2D eigenvalue weighted by molar-refractivity contribution is 5.98. The molecule has 0 aliphatic heterocycles. The van der Waals surface area contributed by atoms with Crippen LogP contribution in [0.4, 0.5) is 17.1 Å². The maximum absolute atomic E-state index is 11.6. The number of rotatable bonds is 28. The lowest BCUT2D eigenvalue weighted by Crippen LogP contribution is -2.10. The summed E-state index contributed by atoms with van der Waals surface area (Å²) in [6.45, 7) is 31.5. The lowest BCUT2D eigenvalue weighted by Gasteiger charge is -2.26. The van der Waals surface area contributed by atoms with Gasteiger partial charge in [0.1, 0.15) is 0 Å². The van der Waals surface area contributed by atoms with E-state index in [1.807, 2.05) is 109 Å². The molecule has 0 aliphatic rings. The van der Waals surface area contributed by atoms with Crippen molar-refractivity contribution in [2.75, 3.05) is 4.90 Å². The standard InChI is InChI=1S/C74H63N5O8/c1-6-7-8-9-10-11-12-13-14-15-16-51-25-39-62(40-26-51)79(63-41-27-52(28-42-63)45-65(58-31-17-54(18-32-58)47-67(75-2)71(80)81)59-33-19-55(20-34-59)48-68(76-3)72(82)83)64-43-29-53(30-44-64)46-66(60-35-21-56(22-36-60)49-69(77-4)73(84)85)61-37-23-57(24-38-61)50-70(78-5)74(86)87/h17-50H,6-16H2,1H3,(H,80,81)(H,82,83)(H,84,85)(H,86,87). The van der Waals surface area contributed by atoms with Crippen LogP contribution in [-0.2, 0) is 25.6 Å². The van der Waals surface area contributed by atoms with Gasteiger partial charge in [0.2, 0.25) is 0 Å². The Hall–Kier alpha value is -11.4. The second-order valence-electron chi connectivity index (χ2n) is 20.5. The van der Waals surface area contributed by atoms with Crippen LogP contribution in [0.3, 0.4) is 0 Å². The van der Waals surface area contributed by atoms with Crippen molar-refractivity contribution in [1.29, 1.82) is 0 Å². The molecule has 87 heavy (non-hydrogen) atoms. The molecule has 0 aliphatic carbocycles. The molecule has 7 aromatic rings. The molecule has 432 valence electrons. The zero-order chi connectivity index (χ0) is 62.1. The van der Waals surface area contributed by atoms with E-state index in [1.54, 1.807) is 48.5 Å². The molecule has 0 saturated heterocycles. The van der Waals surface area contributed by atoms with Gasteiger partial charge in [-0.05, 0) is 158 Å². The molecular formula is C74H63N5O8. The van der Waals surface area contributed by atoms with Crippen LogP contribution < -0.4 is 4.90 Å². The predicted molar refractivity (Wildman–Crippen MR) is 345 cm³/mol. The van der Waals surface area contributed by atoms with Crippen LogP contribution in [0.5, 0.6) is 0 Å². The highest BCUT2D eigenvalue weighted by Crippen LogP contribution is 2.37. The van der Waals surface area contributed by atoms with Crippen molar-refractivity contribution >= 4 is 88.5 Å². The number of benzene rings is 7. The van der Waals surface area contributed by atoms with Crippen LogP contribution >= 0.6 is 0 Å². The Morgan fingerprint density at radius 2 is 0.563 bits per heavy atom. The second-order valence-corrected chi connectivity index (χ2v) is 20.5. The Morgan fingerprint density at radius 3 is 0.816 bits per heavy atom. The van der Waals surface area contributed by atoms with Gasteiger partial charge in [-0.2, -0.15) is 0 Å². The zero-order valence-electron chi connectivity index (χ0n) is 48.1. The number of carboxylic acid groups (broad SMARTS) is 4. The molecule has 0 aromatic heterocycles. The van der Waals surface area contributed by atoms with E-state index in [1.165, 1.54) is 87.7 Å². The summed E-state index contributed by atoms with van der Waals surface area (Å²) in [6.07, 6.45) is 22.9. The number of unbranched alkanes of at least 4 members (excludes halogenated alkanes) is 9. The first kappa shape index (κ1) is 63.2. The largest absolute Gasteiger partial charge is 0.486 e. The van der Waals surface area contributed by atoms with Crippen LogP contribution in [0, 0.1) is 26.3 Å². The summed E-state index contributed by atoms with van der Waals surface area (Å²) in [6, 6.07) is 53.5. The van der Waals surface area contributed by atoms with Crippen LogP contribution in [0.25, 0.3) is 67.0 Å². The number of anilines is 3. The van der Waals surface area contributed by atoms with Gasteiger partial charge in [-0.3, -0.25) is 19.2 Å². The number of hydrogen-bond donors (Lipinski definition) is 4. The van der Waals surface area contributed by atoms with Crippen LogP contribution in [-0.4, -0.2) is 44.3 Å². The van der Waals surface area contributed by atoms with E-state index in [4.69, 9.17) is 26.3 Å². The first-order chi connectivity index (χ1) is 42.2. The van der Waals surface area contributed by atoms with Gasteiger partial charge in [0.05, 0.1) is 26.3 Å². The summed E-state index contributed by atoms with van der Waals surface area (Å²) < 4.78 is 0. The SMILES string of the molecule is [C-]#[N+]C(=Cc1ccc(C(=Cc2ccc(N(c3ccc(C=C(c4ccc(C=C([N+]#[C-])C(=O)O)cc4)c4ccc(C=C([N+]#[C-])C(=O)O)cc4)cc3)c3ccc(CCCCCCCCCCCC)cc3)cc2)c2ccc(C=C([N+]#[C-])C(=O)O)cc2)cc1)C(=O)O. The van der Waals surface area contributed by atoms with E-state index in [0.29, 0.717) is 22.3 Å². The Balaban J connectivity index is 1.26. The molecule has 13 heteroatoms. The van der Waals surface area contributed by atoms with Gasteiger partial charge in [0.15, 0.2) is 0 Å². The minimum absolute atomic E-state index is 0.419. The average Bonchev–Trinajstić information content (AvgIpc) is 2.05. The molecule has 0 amide bonds. The van der Waals surface area contributed by atoms with Gasteiger partial charge in [0.25, 0.3) is 22.8 Å². The van der Waals surface area contributed by atoms with E-state index >= 15 is 0 Å². The summed E-state index contributed by atoms with van der Waals surface area (Å²) in [4.78, 5) is 61.3. The molecule has 0 fully saturated rings. The third-order valence-electron chi connectivity index (χ3n) is 14.4. The van der Waals surface area contributed by atoms with Crippen LogP contribution in [0.2, 0.25) is 0 Å². The fraction of sp³-hybridized carbons (Fsp3) is 0.162. The van der Waals surface area contributed by atoms with Crippen LogP contribution in [0.15, 0.2) is 193 Å². The normalized spacial score (nSPS) is 11.5. The zero-order valence-corrected chi connectivity index (χ0v) is 48.1. The van der Waals surface area contributed by atoms with E-state index in [0.717, 1.165) is 74.4 Å². The summed E-state index contributed by atoms with van der Waals surface area (Å²) in [5.74, 6) is -5.31. The molecule has 0 radical (unpaired) electrons. The number of carbonyl (C=O) groups is 4. The van der Waals surface area contributed by atoms with Gasteiger partial charge in [-0.25, -0.2) is 19.4 Å². The molecular weight excluding hydrogens is 1090 g/mol. The van der Waals surface area contributed by atoms with Gasteiger partial charge in [-0.15, -0.1) is 0 Å². The molecule has 13 nitrogen and oxygen atoms in total. The third-order valence-corrected chi connectivity index (χ3v) is 14.4. The second kappa shape index (κ2) is 31.9. The molecule has 0 saturated carbocycles. The maximum atomic E-state index is 11.6. The highest BCUT2D eigenvalue weighted by atomic mass is 16.4. The van der Waals surface area contributed by atoms with Crippen molar-refractivity contribution in [3.8, 4) is 0 Å². The van der Waals surface area contributed by atoms with Gasteiger partial charge >= 0.3 is 23.9 Å². The Kier molecular flexibility index (Phi) is 23.2. The lowest BCUT2D eigenvalue weighted by molar-refractivity contribution is -0.133. The molecule has 0 unspecified atom stereocenters. The van der Waals surface area contributed by atoms with Crippen molar-refractivity contribution in [2.45, 2.75) is 77.6 Å². The summed E-state index contributed by atoms with van der Waals surface area (Å²) >= 11 is 0. The molecule has 0 heterocycles. The quantitative estimate of drug-likeness (QED) is 0.0161. The van der Waals surface area contributed by atoms with Crippen molar-refractivity contribution in [1.82, 2.24) is 0 Å². The van der Waals surface area contributed by atoms with Gasteiger partial charge < -0.3 is 25.3 Å². The number of aliphatic carboxylic acids is 4. The van der Waals surface area contributed by atoms with Crippen LogP contribution in [0.1, 0.15) is 132 Å². The first-order valence-electron chi connectivity index (χ1n) is 28.4. The highest BCUT2D eigenvalue weighted by Gasteiger charge is 2.17. The van der Waals surface area contributed by atoms with E-state index < -0.39 is 46.7 Å². The first-order valence-corrected chi connectivity index (χ1v) is 28.4. The molecule has 7 aromatic carbocycles. The fourth-order valence-corrected chi connectivity index (χ4v) is 9.75. The third kappa shape index (κ3) is 18.3. The number of hydrogen-bond acceptors (Lipinski definition) is 5. The monoisotopic (exact) mass is 1150 g/mol. The minimum Gasteiger partial charge on any atom is -0.486 e. The van der Waals surface area contributed by atoms with Crippen molar-refractivity contribution in [3.63, 3.8) is 0 Å². The Bertz CT molecular complexity index is 3550. The topological polar surface area (TPSA) is 170 Å². The van der Waals surface area contributed by atoms with E-state index in [2.05, 4.69) is 55.5 Å². The molecule has 0 bridgehead atoms. The van der Waals surface area contributed by atoms with Crippen molar-refractivity contribution in [2.24, 2.45) is 0 Å². The number of carboxylic acids is 4. The Morgan fingerprint density at radius 1 is 0.333 bits per heavy atom. The van der Waals surface area contributed by atoms with Gasteiger partial charge in [-0.1, -0.05) is 198 Å². The summed E-state index contributed by atoms with van der Waals surface area (Å²) in [7, 11) is 0. The van der Waals surface area contributed by atoms with Crippen molar-refractivity contribution in [3.05, 3.63) is 300 Å². The lowest BCUT2D eigenvalue weighted by atomic mass is 9.94. The molecule has 0 atom stereocenters. The summed E-state index contributed by atoms with van der Waals surface area (Å²) in [5, 5.41) is 38.0. The molecule has 4 N–H and O–H groups in total.